The Morgan fingerprint density at radius 3 is 2.21 bits per heavy atom. The molecule has 1 atom stereocenters. The quantitative estimate of drug-likeness (QED) is 0.147. The largest absolute Gasteiger partial charge is 0.475 e. The third kappa shape index (κ3) is 10.3. The van der Waals surface area contributed by atoms with Crippen molar-refractivity contribution in [1.82, 2.24) is 10.2 Å². The van der Waals surface area contributed by atoms with Crippen molar-refractivity contribution in [3.8, 4) is 0 Å². The number of amides is 2. The summed E-state index contributed by atoms with van der Waals surface area (Å²) < 4.78 is 0. The number of aryl methyl sites for hydroxylation is 1. The Kier molecular flexibility index (Phi) is 11.7. The molecular weight excluding hydrogens is 419 g/mol. The van der Waals surface area contributed by atoms with Gasteiger partial charge in [-0.05, 0) is 36.8 Å². The molecule has 0 saturated heterocycles. The smallest absolute Gasteiger partial charge is 0.426 e. The van der Waals surface area contributed by atoms with Crippen LogP contribution in [0.15, 0.2) is 65.7 Å². The van der Waals surface area contributed by atoms with E-state index >= 15 is 0 Å². The first kappa shape index (κ1) is 26.1. The average Bonchev–Trinajstić information content (AvgIpc) is 2.83. The molecule has 0 spiro atoms. The number of carbonyl (C=O) groups excluding carboxylic acids is 2. The summed E-state index contributed by atoms with van der Waals surface area (Å²) in [6, 6.07) is 19.5. The van der Waals surface area contributed by atoms with E-state index in [9.17, 15) is 19.6 Å². The Labute approximate surface area is 195 Å². The highest BCUT2D eigenvalue weighted by molar-refractivity contribution is 6.43. The van der Waals surface area contributed by atoms with Crippen LogP contribution in [0.1, 0.15) is 30.4 Å². The van der Waals surface area contributed by atoms with Gasteiger partial charge in [-0.3, -0.25) is 14.6 Å². The van der Waals surface area contributed by atoms with Crippen molar-refractivity contribution < 1.29 is 19.6 Å². The fourth-order valence-electron chi connectivity index (χ4n) is 3.45. The highest BCUT2D eigenvalue weighted by Gasteiger charge is 2.26. The summed E-state index contributed by atoms with van der Waals surface area (Å²) in [4.78, 5) is 31.0. The van der Waals surface area contributed by atoms with E-state index < -0.39 is 19.0 Å². The number of nitrogens with zero attached hydrogens (tertiary/aromatic N) is 2. The van der Waals surface area contributed by atoms with Crippen molar-refractivity contribution >= 4 is 25.3 Å². The van der Waals surface area contributed by atoms with E-state index in [0.717, 1.165) is 11.1 Å². The molecule has 0 aliphatic carbocycles. The highest BCUT2D eigenvalue weighted by Crippen LogP contribution is 2.08. The molecule has 0 heterocycles. The normalized spacial score (nSPS) is 11.8. The Bertz CT molecular complexity index is 865. The molecule has 0 aliphatic rings. The molecule has 5 N–H and O–H groups in total. The van der Waals surface area contributed by atoms with Crippen molar-refractivity contribution in [2.75, 3.05) is 19.6 Å². The van der Waals surface area contributed by atoms with Gasteiger partial charge in [0.15, 0.2) is 0 Å². The molecule has 0 saturated carbocycles. The van der Waals surface area contributed by atoms with E-state index in [1.165, 1.54) is 11.2 Å². The van der Waals surface area contributed by atoms with Gasteiger partial charge in [0.25, 0.3) is 0 Å². The number of hydrogen-bond acceptors (Lipinski definition) is 5. The molecule has 2 aromatic carbocycles. The zero-order valence-corrected chi connectivity index (χ0v) is 18.8. The molecule has 0 fully saturated rings. The van der Waals surface area contributed by atoms with Crippen LogP contribution in [0.3, 0.4) is 0 Å². The Morgan fingerprint density at radius 1 is 1.03 bits per heavy atom. The van der Waals surface area contributed by atoms with Gasteiger partial charge in [0, 0.05) is 19.5 Å². The zero-order valence-electron chi connectivity index (χ0n) is 18.8. The minimum Gasteiger partial charge on any atom is -0.426 e. The van der Waals surface area contributed by atoms with Crippen LogP contribution in [-0.2, 0) is 22.4 Å². The van der Waals surface area contributed by atoms with E-state index in [1.807, 2.05) is 60.7 Å². The van der Waals surface area contributed by atoms with Gasteiger partial charge in [0.2, 0.25) is 11.8 Å². The molecule has 2 aromatic rings. The van der Waals surface area contributed by atoms with Gasteiger partial charge in [-0.1, -0.05) is 60.7 Å². The van der Waals surface area contributed by atoms with Crippen LogP contribution in [0, 0.1) is 0 Å². The maximum Gasteiger partial charge on any atom is 0.475 e. The molecule has 1 unspecified atom stereocenters. The molecule has 0 aliphatic heterocycles. The molecule has 0 aromatic heterocycles. The predicted molar refractivity (Wildman–Crippen MR) is 130 cm³/mol. The lowest BCUT2D eigenvalue weighted by molar-refractivity contribution is -0.136. The molecular formula is C24H33BN4O4. The van der Waals surface area contributed by atoms with Crippen LogP contribution in [0.25, 0.3) is 0 Å². The zero-order chi connectivity index (χ0) is 23.9. The van der Waals surface area contributed by atoms with Gasteiger partial charge < -0.3 is 26.0 Å². The first-order valence-corrected chi connectivity index (χ1v) is 11.2. The summed E-state index contributed by atoms with van der Waals surface area (Å²) in [7, 11) is -1.71. The van der Waals surface area contributed by atoms with E-state index in [2.05, 4.69) is 10.3 Å². The molecule has 8 nitrogen and oxygen atoms in total. The number of carbonyl (C=O) groups is 2. The summed E-state index contributed by atoms with van der Waals surface area (Å²) >= 11 is 0. The van der Waals surface area contributed by atoms with Gasteiger partial charge in [-0.25, -0.2) is 0 Å². The van der Waals surface area contributed by atoms with Crippen molar-refractivity contribution in [2.45, 2.75) is 38.0 Å². The number of nitrogens with two attached hydrogens (primary N) is 1. The van der Waals surface area contributed by atoms with Crippen molar-refractivity contribution in [1.29, 1.82) is 0 Å². The molecule has 2 amide bonds. The Balaban J connectivity index is 1.97. The number of rotatable bonds is 14. The minimum absolute atomic E-state index is 0.122. The summed E-state index contributed by atoms with van der Waals surface area (Å²) in [6.07, 6.45) is 3.54. The second kappa shape index (κ2) is 14.8. The van der Waals surface area contributed by atoms with E-state index in [1.54, 1.807) is 0 Å². The fourth-order valence-corrected chi connectivity index (χ4v) is 3.45. The molecule has 2 rings (SSSR count). The minimum atomic E-state index is -1.71. The maximum absolute atomic E-state index is 13.0. The van der Waals surface area contributed by atoms with Crippen LogP contribution >= 0.6 is 0 Å². The summed E-state index contributed by atoms with van der Waals surface area (Å²) in [5, 5.41) is 21.9. The maximum atomic E-state index is 13.0. The lowest BCUT2D eigenvalue weighted by atomic mass is 9.76. The number of aliphatic imine (C=N–C) groups is 1. The van der Waals surface area contributed by atoms with Crippen LogP contribution in [-0.4, -0.2) is 65.8 Å². The van der Waals surface area contributed by atoms with Gasteiger partial charge in [-0.2, -0.15) is 0 Å². The predicted octanol–water partition coefficient (Wildman–Crippen LogP) is 0.955. The molecule has 0 radical (unpaired) electrons. The van der Waals surface area contributed by atoms with E-state index in [0.29, 0.717) is 38.8 Å². The lowest BCUT2D eigenvalue weighted by Crippen LogP contribution is -2.50. The summed E-state index contributed by atoms with van der Waals surface area (Å²) in [5.74, 6) is -1.40. The second-order valence-electron chi connectivity index (χ2n) is 7.82. The first-order chi connectivity index (χ1) is 16.0. The first-order valence-electron chi connectivity index (χ1n) is 11.2. The SMILES string of the molecule is NC=NCCCC(NC(=O)CN(CCc1ccccc1)C(=O)CCc1ccccc1)B(O)O. The van der Waals surface area contributed by atoms with Crippen LogP contribution in [0.5, 0.6) is 0 Å². The Hall–Kier alpha value is -3.17. The standard InChI is InChI=1S/C24H33BN4O4/c26-19-27-16-7-12-22(25(32)33)28-23(30)18-29(17-15-21-10-5-2-6-11-21)24(31)14-13-20-8-3-1-4-9-20/h1-6,8-11,19,22,32-33H,7,12-18H2,(H2,26,27)(H,28,30). The van der Waals surface area contributed by atoms with Gasteiger partial charge >= 0.3 is 7.12 Å². The molecule has 33 heavy (non-hydrogen) atoms. The van der Waals surface area contributed by atoms with E-state index in [-0.39, 0.29) is 18.9 Å². The lowest BCUT2D eigenvalue weighted by Gasteiger charge is -2.24. The van der Waals surface area contributed by atoms with Gasteiger partial charge in [0.05, 0.1) is 18.8 Å². The third-order valence-corrected chi connectivity index (χ3v) is 5.28. The Morgan fingerprint density at radius 2 is 1.64 bits per heavy atom. The van der Waals surface area contributed by atoms with Crippen LogP contribution in [0.2, 0.25) is 0 Å². The topological polar surface area (TPSA) is 128 Å². The molecule has 0 bridgehead atoms. The van der Waals surface area contributed by atoms with Crippen molar-refractivity contribution in [3.05, 3.63) is 71.8 Å². The third-order valence-electron chi connectivity index (χ3n) is 5.28. The van der Waals surface area contributed by atoms with Crippen LogP contribution in [0.4, 0.5) is 0 Å². The van der Waals surface area contributed by atoms with E-state index in [4.69, 9.17) is 5.73 Å². The highest BCUT2D eigenvalue weighted by atomic mass is 16.4. The number of benzene rings is 2. The second-order valence-corrected chi connectivity index (χ2v) is 7.82. The van der Waals surface area contributed by atoms with Gasteiger partial charge in [-0.15, -0.1) is 0 Å². The molecule has 9 heteroatoms. The molecule has 176 valence electrons. The number of nitrogens with one attached hydrogen (secondary N) is 1. The van der Waals surface area contributed by atoms with Crippen molar-refractivity contribution in [3.63, 3.8) is 0 Å². The fraction of sp³-hybridized carbons (Fsp3) is 0.375. The average molecular weight is 452 g/mol. The van der Waals surface area contributed by atoms with Crippen LogP contribution < -0.4 is 11.1 Å². The summed E-state index contributed by atoms with van der Waals surface area (Å²) in [6.45, 7) is 0.671. The summed E-state index contributed by atoms with van der Waals surface area (Å²) in [5.41, 5.74) is 7.33. The van der Waals surface area contributed by atoms with Gasteiger partial charge in [0.1, 0.15) is 0 Å². The number of hydrogen-bond donors (Lipinski definition) is 4. The van der Waals surface area contributed by atoms with Crippen molar-refractivity contribution in [2.24, 2.45) is 10.7 Å². The monoisotopic (exact) mass is 452 g/mol.